The molecule has 0 amide bonds. The summed E-state index contributed by atoms with van der Waals surface area (Å²) in [5.74, 6) is 1.89. The maximum absolute atomic E-state index is 5.53. The zero-order chi connectivity index (χ0) is 9.94. The molecule has 0 aromatic heterocycles. The first kappa shape index (κ1) is 13.6. The monoisotopic (exact) mass is 224 g/mol. The van der Waals surface area contributed by atoms with Crippen molar-refractivity contribution in [1.29, 1.82) is 0 Å². The Kier molecular flexibility index (Phi) is 11.2. The average Bonchev–Trinajstić information content (AvgIpc) is 2.13. The smallest absolute Gasteiger partial charge is 0.105 e. The van der Waals surface area contributed by atoms with Gasteiger partial charge in [-0.15, -0.1) is 11.8 Å². The lowest BCUT2D eigenvalue weighted by atomic mass is 10.5. The Bertz CT molecular complexity index is 95.6. The molecule has 1 unspecified atom stereocenters. The molecule has 0 rings (SSSR count). The molecule has 4 heteroatoms. The van der Waals surface area contributed by atoms with Gasteiger partial charge < -0.3 is 9.47 Å². The van der Waals surface area contributed by atoms with E-state index in [0.717, 1.165) is 37.7 Å². The third-order valence-electron chi connectivity index (χ3n) is 1.44. The molecule has 0 saturated carbocycles. The molecule has 0 fully saturated rings. The number of hydrogen-bond acceptors (Lipinski definition) is 4. The van der Waals surface area contributed by atoms with E-state index < -0.39 is 0 Å². The highest BCUT2D eigenvalue weighted by Crippen LogP contribution is 2.15. The SMILES string of the molecule is CCOC(CCOCCS)SCC. The zero-order valence-corrected chi connectivity index (χ0v) is 10.2. The van der Waals surface area contributed by atoms with Crippen molar-refractivity contribution >= 4 is 24.4 Å². The Morgan fingerprint density at radius 2 is 2.08 bits per heavy atom. The van der Waals surface area contributed by atoms with Crippen LogP contribution in [0.1, 0.15) is 20.3 Å². The van der Waals surface area contributed by atoms with Gasteiger partial charge >= 0.3 is 0 Å². The van der Waals surface area contributed by atoms with Crippen molar-refractivity contribution in [3.63, 3.8) is 0 Å². The van der Waals surface area contributed by atoms with Gasteiger partial charge in [-0.05, 0) is 12.7 Å². The lowest BCUT2D eigenvalue weighted by Gasteiger charge is -2.15. The fourth-order valence-corrected chi connectivity index (χ4v) is 1.93. The quantitative estimate of drug-likeness (QED) is 0.369. The third kappa shape index (κ3) is 8.94. The van der Waals surface area contributed by atoms with Crippen LogP contribution in [0.25, 0.3) is 0 Å². The normalized spacial score (nSPS) is 13.2. The Morgan fingerprint density at radius 3 is 2.62 bits per heavy atom. The maximum atomic E-state index is 5.53. The first-order valence-corrected chi connectivity index (χ1v) is 6.45. The van der Waals surface area contributed by atoms with Gasteiger partial charge in [0.25, 0.3) is 0 Å². The minimum Gasteiger partial charge on any atom is -0.380 e. The van der Waals surface area contributed by atoms with Crippen LogP contribution in [0, 0.1) is 0 Å². The van der Waals surface area contributed by atoms with E-state index in [-0.39, 0.29) is 0 Å². The van der Waals surface area contributed by atoms with Gasteiger partial charge in [-0.3, -0.25) is 0 Å². The van der Waals surface area contributed by atoms with Crippen LogP contribution in [-0.4, -0.2) is 36.8 Å². The van der Waals surface area contributed by atoms with Crippen LogP contribution < -0.4 is 0 Å². The first-order chi connectivity index (χ1) is 6.35. The molecule has 13 heavy (non-hydrogen) atoms. The average molecular weight is 224 g/mol. The van der Waals surface area contributed by atoms with Crippen molar-refractivity contribution in [2.45, 2.75) is 25.7 Å². The zero-order valence-electron chi connectivity index (χ0n) is 8.49. The maximum Gasteiger partial charge on any atom is 0.105 e. The van der Waals surface area contributed by atoms with E-state index in [0.29, 0.717) is 5.44 Å². The van der Waals surface area contributed by atoms with Crippen LogP contribution in [0.3, 0.4) is 0 Å². The fourth-order valence-electron chi connectivity index (χ4n) is 0.933. The summed E-state index contributed by atoms with van der Waals surface area (Å²) in [6.07, 6.45) is 0.972. The predicted octanol–water partition coefficient (Wildman–Crippen LogP) is 2.44. The van der Waals surface area contributed by atoms with E-state index >= 15 is 0 Å². The Morgan fingerprint density at radius 1 is 1.31 bits per heavy atom. The van der Waals surface area contributed by atoms with Crippen molar-refractivity contribution in [2.24, 2.45) is 0 Å². The van der Waals surface area contributed by atoms with E-state index in [4.69, 9.17) is 9.47 Å². The third-order valence-corrected chi connectivity index (χ3v) is 2.70. The van der Waals surface area contributed by atoms with Crippen LogP contribution in [0.15, 0.2) is 0 Å². The van der Waals surface area contributed by atoms with Gasteiger partial charge in [0.15, 0.2) is 0 Å². The van der Waals surface area contributed by atoms with Crippen LogP contribution in [0.5, 0.6) is 0 Å². The molecule has 0 radical (unpaired) electrons. The first-order valence-electron chi connectivity index (χ1n) is 4.76. The molecule has 0 aromatic carbocycles. The number of thioether (sulfide) groups is 1. The standard InChI is InChI=1S/C9H20O2S2/c1-3-11-9(13-4-2)5-6-10-7-8-12/h9,12H,3-8H2,1-2H3. The van der Waals surface area contributed by atoms with Crippen LogP contribution in [0.4, 0.5) is 0 Å². The van der Waals surface area contributed by atoms with Crippen molar-refractivity contribution in [3.05, 3.63) is 0 Å². The largest absolute Gasteiger partial charge is 0.380 e. The fraction of sp³-hybridized carbons (Fsp3) is 1.00. The molecule has 0 aliphatic rings. The van der Waals surface area contributed by atoms with Crippen molar-refractivity contribution in [2.75, 3.05) is 31.3 Å². The molecule has 0 heterocycles. The molecular weight excluding hydrogens is 204 g/mol. The van der Waals surface area contributed by atoms with Gasteiger partial charge in [-0.1, -0.05) is 6.92 Å². The molecule has 80 valence electrons. The molecule has 0 aliphatic heterocycles. The molecule has 0 spiro atoms. The number of ether oxygens (including phenoxy) is 2. The Balaban J connectivity index is 3.33. The highest BCUT2D eigenvalue weighted by atomic mass is 32.2. The summed E-state index contributed by atoms with van der Waals surface area (Å²) < 4.78 is 10.9. The van der Waals surface area contributed by atoms with Gasteiger partial charge in [0.05, 0.1) is 6.61 Å². The molecule has 2 nitrogen and oxygen atoms in total. The predicted molar refractivity (Wildman–Crippen MR) is 62.8 cm³/mol. The van der Waals surface area contributed by atoms with E-state index in [2.05, 4.69) is 19.6 Å². The van der Waals surface area contributed by atoms with Gasteiger partial charge in [-0.2, -0.15) is 12.6 Å². The van der Waals surface area contributed by atoms with Crippen LogP contribution >= 0.6 is 24.4 Å². The Hall–Kier alpha value is 0.620. The van der Waals surface area contributed by atoms with Crippen molar-refractivity contribution < 1.29 is 9.47 Å². The lowest BCUT2D eigenvalue weighted by Crippen LogP contribution is -2.12. The van der Waals surface area contributed by atoms with E-state index in [1.807, 2.05) is 18.7 Å². The number of thiol groups is 1. The lowest BCUT2D eigenvalue weighted by molar-refractivity contribution is 0.0780. The molecule has 0 aromatic rings. The second kappa shape index (κ2) is 10.7. The summed E-state index contributed by atoms with van der Waals surface area (Å²) in [5.41, 5.74) is 0.301. The molecule has 1 atom stereocenters. The van der Waals surface area contributed by atoms with Gasteiger partial charge in [0.1, 0.15) is 5.44 Å². The minimum atomic E-state index is 0.301. The molecule has 0 aliphatic carbocycles. The second-order valence-corrected chi connectivity index (χ2v) is 4.35. The highest BCUT2D eigenvalue weighted by molar-refractivity contribution is 7.99. The molecule has 0 N–H and O–H groups in total. The summed E-state index contributed by atoms with van der Waals surface area (Å²) in [4.78, 5) is 0. The van der Waals surface area contributed by atoms with Gasteiger partial charge in [0.2, 0.25) is 0 Å². The minimum absolute atomic E-state index is 0.301. The number of rotatable bonds is 9. The van der Waals surface area contributed by atoms with Gasteiger partial charge in [-0.25, -0.2) is 0 Å². The summed E-state index contributed by atoms with van der Waals surface area (Å²) in [6.45, 7) is 6.46. The highest BCUT2D eigenvalue weighted by Gasteiger charge is 2.06. The summed E-state index contributed by atoms with van der Waals surface area (Å²) >= 11 is 5.90. The van der Waals surface area contributed by atoms with E-state index in [1.165, 1.54) is 0 Å². The van der Waals surface area contributed by atoms with Crippen LogP contribution in [-0.2, 0) is 9.47 Å². The Labute approximate surface area is 91.2 Å². The molecule has 0 bridgehead atoms. The van der Waals surface area contributed by atoms with Crippen molar-refractivity contribution in [3.8, 4) is 0 Å². The van der Waals surface area contributed by atoms with Crippen LogP contribution in [0.2, 0.25) is 0 Å². The van der Waals surface area contributed by atoms with Crippen molar-refractivity contribution in [1.82, 2.24) is 0 Å². The summed E-state index contributed by atoms with van der Waals surface area (Å²) in [7, 11) is 0. The molecule has 0 saturated heterocycles. The van der Waals surface area contributed by atoms with E-state index in [9.17, 15) is 0 Å². The second-order valence-electron chi connectivity index (χ2n) is 2.46. The topological polar surface area (TPSA) is 18.5 Å². The molecular formula is C9H20O2S2. The number of hydrogen-bond donors (Lipinski definition) is 1. The summed E-state index contributed by atoms with van der Waals surface area (Å²) in [6, 6.07) is 0. The van der Waals surface area contributed by atoms with Gasteiger partial charge in [0, 0.05) is 25.4 Å². The van der Waals surface area contributed by atoms with E-state index in [1.54, 1.807) is 0 Å². The summed E-state index contributed by atoms with van der Waals surface area (Å²) in [5, 5.41) is 0.